The minimum atomic E-state index is 0.655. The minimum Gasteiger partial charge on any atom is -0.250 e. The molecule has 94 valence electrons. The van der Waals surface area contributed by atoms with Crippen molar-refractivity contribution in [2.75, 3.05) is 0 Å². The van der Waals surface area contributed by atoms with E-state index in [1.807, 2.05) is 0 Å². The fourth-order valence-corrected chi connectivity index (χ4v) is 2.72. The van der Waals surface area contributed by atoms with E-state index in [9.17, 15) is 0 Å². The normalized spacial score (nSPS) is 26.1. The molecule has 1 aliphatic heterocycles. The number of nitrogens with one attached hydrogen (secondary N) is 1. The number of hydrogen-bond donors (Lipinski definition) is 1. The van der Waals surface area contributed by atoms with Crippen molar-refractivity contribution in [2.45, 2.75) is 58.7 Å². The van der Waals surface area contributed by atoms with Crippen LogP contribution < -0.4 is 5.43 Å². The molecule has 1 fully saturated rings. The van der Waals surface area contributed by atoms with E-state index in [0.29, 0.717) is 12.1 Å². The number of benzene rings is 1. The summed E-state index contributed by atoms with van der Waals surface area (Å²) in [4.78, 5) is 0. The van der Waals surface area contributed by atoms with Gasteiger partial charge in [-0.05, 0) is 44.7 Å². The molecule has 2 atom stereocenters. The van der Waals surface area contributed by atoms with Crippen molar-refractivity contribution in [3.63, 3.8) is 0 Å². The fraction of sp³-hybridized carbons (Fsp3) is 0.600. The summed E-state index contributed by atoms with van der Waals surface area (Å²) < 4.78 is 0. The molecule has 0 amide bonds. The second kappa shape index (κ2) is 5.65. The van der Waals surface area contributed by atoms with Gasteiger partial charge in [-0.1, -0.05) is 30.7 Å². The van der Waals surface area contributed by atoms with Gasteiger partial charge in [-0.2, -0.15) is 0 Å². The highest BCUT2D eigenvalue weighted by Crippen LogP contribution is 2.20. The second-order valence-corrected chi connectivity index (χ2v) is 5.30. The van der Waals surface area contributed by atoms with Gasteiger partial charge in [-0.25, -0.2) is 5.01 Å². The monoisotopic (exact) mass is 232 g/mol. The van der Waals surface area contributed by atoms with Gasteiger partial charge in [-0.15, -0.1) is 0 Å². The second-order valence-electron chi connectivity index (χ2n) is 5.30. The van der Waals surface area contributed by atoms with Crippen molar-refractivity contribution in [3.05, 3.63) is 35.4 Å². The predicted molar refractivity (Wildman–Crippen MR) is 72.6 cm³/mol. The van der Waals surface area contributed by atoms with Gasteiger partial charge in [0.15, 0.2) is 0 Å². The van der Waals surface area contributed by atoms with Crippen molar-refractivity contribution in [1.29, 1.82) is 0 Å². The Hall–Kier alpha value is -0.860. The number of nitrogens with zero attached hydrogens (tertiary/aromatic N) is 1. The third-order valence-electron chi connectivity index (χ3n) is 3.91. The predicted octanol–water partition coefficient (Wildman–Crippen LogP) is 3.26. The molecule has 2 rings (SSSR count). The van der Waals surface area contributed by atoms with Crippen LogP contribution in [-0.2, 0) is 6.54 Å². The molecular weight excluding hydrogens is 208 g/mol. The summed E-state index contributed by atoms with van der Waals surface area (Å²) in [6.45, 7) is 7.77. The van der Waals surface area contributed by atoms with Gasteiger partial charge in [0.05, 0.1) is 0 Å². The molecule has 1 N–H and O–H groups in total. The summed E-state index contributed by atoms with van der Waals surface area (Å²) in [7, 11) is 0. The van der Waals surface area contributed by atoms with Crippen LogP contribution in [0.2, 0.25) is 0 Å². The first kappa shape index (κ1) is 12.6. The topological polar surface area (TPSA) is 15.3 Å². The highest BCUT2D eigenvalue weighted by atomic mass is 15.5. The molecule has 1 aromatic carbocycles. The lowest BCUT2D eigenvalue weighted by atomic mass is 10.00. The van der Waals surface area contributed by atoms with Gasteiger partial charge in [0, 0.05) is 18.6 Å². The standard InChI is InChI=1S/C15H24N2/c1-12-7-4-5-10-15(12)11-16-17-13(2)8-6-9-14(17)3/h4-5,7,10,13-14,16H,6,8-9,11H2,1-3H3. The summed E-state index contributed by atoms with van der Waals surface area (Å²) >= 11 is 0. The summed E-state index contributed by atoms with van der Waals surface area (Å²) in [6, 6.07) is 9.92. The Morgan fingerprint density at radius 2 is 1.82 bits per heavy atom. The van der Waals surface area contributed by atoms with Crippen molar-refractivity contribution in [1.82, 2.24) is 10.4 Å². The van der Waals surface area contributed by atoms with Crippen LogP contribution in [0.5, 0.6) is 0 Å². The zero-order valence-corrected chi connectivity index (χ0v) is 11.2. The van der Waals surface area contributed by atoms with Crippen LogP contribution in [0.3, 0.4) is 0 Å². The Kier molecular flexibility index (Phi) is 4.19. The first-order valence-corrected chi connectivity index (χ1v) is 6.75. The summed E-state index contributed by atoms with van der Waals surface area (Å²) in [5.74, 6) is 0. The van der Waals surface area contributed by atoms with Gasteiger partial charge < -0.3 is 0 Å². The first-order valence-electron chi connectivity index (χ1n) is 6.75. The average Bonchev–Trinajstić information content (AvgIpc) is 2.30. The van der Waals surface area contributed by atoms with Gasteiger partial charge in [0.1, 0.15) is 0 Å². The maximum absolute atomic E-state index is 3.61. The van der Waals surface area contributed by atoms with Crippen molar-refractivity contribution in [2.24, 2.45) is 0 Å². The maximum atomic E-state index is 3.61. The van der Waals surface area contributed by atoms with Gasteiger partial charge in [-0.3, -0.25) is 5.43 Å². The molecule has 1 heterocycles. The quantitative estimate of drug-likeness (QED) is 0.860. The molecule has 2 nitrogen and oxygen atoms in total. The Bertz CT molecular complexity index is 352. The molecule has 0 spiro atoms. The third kappa shape index (κ3) is 3.08. The van der Waals surface area contributed by atoms with E-state index >= 15 is 0 Å². The van der Waals surface area contributed by atoms with Crippen molar-refractivity contribution < 1.29 is 0 Å². The average molecular weight is 232 g/mol. The van der Waals surface area contributed by atoms with E-state index < -0.39 is 0 Å². The molecule has 1 aromatic rings. The number of rotatable bonds is 3. The Labute approximate surface area is 105 Å². The lowest BCUT2D eigenvalue weighted by Gasteiger charge is -2.39. The molecule has 0 radical (unpaired) electrons. The van der Waals surface area contributed by atoms with E-state index in [1.54, 1.807) is 0 Å². The van der Waals surface area contributed by atoms with Crippen molar-refractivity contribution in [3.8, 4) is 0 Å². The molecule has 2 heteroatoms. The van der Waals surface area contributed by atoms with E-state index in [1.165, 1.54) is 30.4 Å². The molecule has 0 bridgehead atoms. The van der Waals surface area contributed by atoms with Gasteiger partial charge in [0.2, 0.25) is 0 Å². The van der Waals surface area contributed by atoms with E-state index in [4.69, 9.17) is 0 Å². The van der Waals surface area contributed by atoms with Crippen LogP contribution in [0, 0.1) is 6.92 Å². The van der Waals surface area contributed by atoms with E-state index in [0.717, 1.165) is 6.54 Å². The highest BCUT2D eigenvalue weighted by Gasteiger charge is 2.24. The molecular formula is C15H24N2. The van der Waals surface area contributed by atoms with E-state index in [-0.39, 0.29) is 0 Å². The Balaban J connectivity index is 1.95. The largest absolute Gasteiger partial charge is 0.250 e. The van der Waals surface area contributed by atoms with Crippen LogP contribution in [0.15, 0.2) is 24.3 Å². The van der Waals surface area contributed by atoms with Crippen LogP contribution in [0.1, 0.15) is 44.2 Å². The summed E-state index contributed by atoms with van der Waals surface area (Å²) in [6.07, 6.45) is 3.99. The number of hydrazine groups is 1. The van der Waals surface area contributed by atoms with Crippen LogP contribution in [0.25, 0.3) is 0 Å². The number of piperidine rings is 1. The molecule has 2 unspecified atom stereocenters. The molecule has 1 aliphatic rings. The maximum Gasteiger partial charge on any atom is 0.0356 e. The SMILES string of the molecule is Cc1ccccc1CNN1C(C)CCCC1C. The van der Waals surface area contributed by atoms with Gasteiger partial charge >= 0.3 is 0 Å². The summed E-state index contributed by atoms with van der Waals surface area (Å²) in [5, 5.41) is 2.44. The zero-order chi connectivity index (χ0) is 12.3. The van der Waals surface area contributed by atoms with Gasteiger partial charge in [0.25, 0.3) is 0 Å². The number of aryl methyl sites for hydroxylation is 1. The van der Waals surface area contributed by atoms with Crippen LogP contribution >= 0.6 is 0 Å². The highest BCUT2D eigenvalue weighted by molar-refractivity contribution is 5.25. The minimum absolute atomic E-state index is 0.655. The molecule has 0 saturated carbocycles. The molecule has 0 aliphatic carbocycles. The summed E-state index contributed by atoms with van der Waals surface area (Å²) in [5.41, 5.74) is 6.38. The smallest absolute Gasteiger partial charge is 0.0356 e. The fourth-order valence-electron chi connectivity index (χ4n) is 2.72. The molecule has 1 saturated heterocycles. The Morgan fingerprint density at radius 1 is 1.18 bits per heavy atom. The van der Waals surface area contributed by atoms with E-state index in [2.05, 4.69) is 55.5 Å². The lowest BCUT2D eigenvalue weighted by molar-refractivity contribution is 0.0435. The first-order chi connectivity index (χ1) is 8.18. The molecule has 0 aromatic heterocycles. The number of hydrogen-bond acceptors (Lipinski definition) is 2. The van der Waals surface area contributed by atoms with Crippen molar-refractivity contribution >= 4 is 0 Å². The van der Waals surface area contributed by atoms with Crippen LogP contribution in [-0.4, -0.2) is 17.1 Å². The lowest BCUT2D eigenvalue weighted by Crippen LogP contribution is -2.51. The van der Waals surface area contributed by atoms with Crippen LogP contribution in [0.4, 0.5) is 0 Å². The molecule has 17 heavy (non-hydrogen) atoms. The third-order valence-corrected chi connectivity index (χ3v) is 3.91. The Morgan fingerprint density at radius 3 is 2.47 bits per heavy atom. The zero-order valence-electron chi connectivity index (χ0n) is 11.2.